The molecule has 6 nitrogen and oxygen atoms in total. The number of piperidine rings is 1. The minimum Gasteiger partial charge on any atom is -0.383 e. The number of rotatable bonds is 6. The molecule has 1 fully saturated rings. The Morgan fingerprint density at radius 2 is 2.19 bits per heavy atom. The van der Waals surface area contributed by atoms with E-state index in [1.54, 1.807) is 13.3 Å². The third-order valence-corrected chi connectivity index (χ3v) is 4.55. The molecule has 2 heterocycles. The van der Waals surface area contributed by atoms with Crippen LogP contribution in [-0.4, -0.2) is 49.2 Å². The van der Waals surface area contributed by atoms with Gasteiger partial charge in [-0.1, -0.05) is 6.92 Å². The van der Waals surface area contributed by atoms with Gasteiger partial charge in [0.15, 0.2) is 0 Å². The molecule has 0 amide bonds. The molecule has 21 heavy (non-hydrogen) atoms. The second-order valence-corrected chi connectivity index (χ2v) is 5.98. The Kier molecular flexibility index (Phi) is 6.20. The van der Waals surface area contributed by atoms with Gasteiger partial charge in [-0.15, -0.1) is 0 Å². The highest BCUT2D eigenvalue weighted by Crippen LogP contribution is 2.24. The van der Waals surface area contributed by atoms with Crippen molar-refractivity contribution in [3.8, 4) is 0 Å². The summed E-state index contributed by atoms with van der Waals surface area (Å²) in [6, 6.07) is 0.583. The van der Waals surface area contributed by atoms with Gasteiger partial charge in [0.1, 0.15) is 4.47 Å². The molecule has 1 aromatic heterocycles. The van der Waals surface area contributed by atoms with Crippen LogP contribution in [0.5, 0.6) is 0 Å². The fourth-order valence-electron chi connectivity index (χ4n) is 2.63. The molecular formula is C14H23BrN4O2. The van der Waals surface area contributed by atoms with Crippen molar-refractivity contribution < 1.29 is 4.74 Å². The molecule has 2 rings (SSSR count). The highest BCUT2D eigenvalue weighted by molar-refractivity contribution is 9.10. The van der Waals surface area contributed by atoms with E-state index in [0.717, 1.165) is 38.2 Å². The summed E-state index contributed by atoms with van der Waals surface area (Å²) in [7, 11) is 1.61. The minimum absolute atomic E-state index is 0.0987. The Balaban J connectivity index is 2.08. The molecule has 0 aliphatic carbocycles. The lowest BCUT2D eigenvalue weighted by atomic mass is 10.0. The molecule has 0 atom stereocenters. The van der Waals surface area contributed by atoms with E-state index in [1.807, 2.05) is 0 Å². The summed E-state index contributed by atoms with van der Waals surface area (Å²) >= 11 is 3.43. The van der Waals surface area contributed by atoms with Gasteiger partial charge >= 0.3 is 0 Å². The van der Waals surface area contributed by atoms with Crippen molar-refractivity contribution in [3.63, 3.8) is 0 Å². The molecule has 7 heteroatoms. The predicted octanol–water partition coefficient (Wildman–Crippen LogP) is 1.23. The minimum atomic E-state index is -0.0987. The molecule has 0 bridgehead atoms. The summed E-state index contributed by atoms with van der Waals surface area (Å²) in [6.45, 7) is 5.97. The molecule has 1 saturated heterocycles. The van der Waals surface area contributed by atoms with Crippen molar-refractivity contribution in [2.24, 2.45) is 0 Å². The topological polar surface area (TPSA) is 59.4 Å². The first-order valence-electron chi connectivity index (χ1n) is 7.40. The van der Waals surface area contributed by atoms with Gasteiger partial charge in [-0.05, 0) is 35.3 Å². The fourth-order valence-corrected chi connectivity index (χ4v) is 3.18. The van der Waals surface area contributed by atoms with Crippen molar-refractivity contribution in [1.29, 1.82) is 0 Å². The van der Waals surface area contributed by atoms with Gasteiger partial charge < -0.3 is 15.0 Å². The fraction of sp³-hybridized carbons (Fsp3) is 0.714. The van der Waals surface area contributed by atoms with Crippen molar-refractivity contribution >= 4 is 21.6 Å². The number of hydrogen-bond donors (Lipinski definition) is 1. The van der Waals surface area contributed by atoms with Gasteiger partial charge in [0, 0.05) is 26.2 Å². The first-order chi connectivity index (χ1) is 10.2. The van der Waals surface area contributed by atoms with Gasteiger partial charge in [-0.3, -0.25) is 4.79 Å². The standard InChI is InChI=1S/C14H23BrN4O2/c1-3-16-11-4-6-18(7-5-11)12-10-17-19(8-9-21-2)14(20)13(12)15/h10-11,16H,3-9H2,1-2H3. The van der Waals surface area contributed by atoms with Gasteiger partial charge in [0.25, 0.3) is 5.56 Å². The van der Waals surface area contributed by atoms with Crippen LogP contribution in [0.4, 0.5) is 5.69 Å². The van der Waals surface area contributed by atoms with Crippen molar-refractivity contribution in [3.05, 3.63) is 21.0 Å². The second kappa shape index (κ2) is 7.91. The first-order valence-corrected chi connectivity index (χ1v) is 8.19. The van der Waals surface area contributed by atoms with Crippen LogP contribution in [0.25, 0.3) is 0 Å². The van der Waals surface area contributed by atoms with Crippen LogP contribution < -0.4 is 15.8 Å². The van der Waals surface area contributed by atoms with Crippen LogP contribution in [0.2, 0.25) is 0 Å². The smallest absolute Gasteiger partial charge is 0.283 e. The van der Waals surface area contributed by atoms with Crippen LogP contribution in [-0.2, 0) is 11.3 Å². The normalized spacial score (nSPS) is 16.4. The summed E-state index contributed by atoms with van der Waals surface area (Å²) in [6.07, 6.45) is 3.95. The molecule has 1 aromatic rings. The first kappa shape index (κ1) is 16.5. The highest BCUT2D eigenvalue weighted by Gasteiger charge is 2.21. The zero-order valence-corrected chi connectivity index (χ0v) is 14.2. The zero-order valence-electron chi connectivity index (χ0n) is 12.6. The molecule has 0 aromatic carbocycles. The van der Waals surface area contributed by atoms with E-state index in [2.05, 4.69) is 38.2 Å². The average Bonchev–Trinajstić information content (AvgIpc) is 2.50. The van der Waals surface area contributed by atoms with Gasteiger partial charge in [-0.2, -0.15) is 5.10 Å². The summed E-state index contributed by atoms with van der Waals surface area (Å²) in [5.74, 6) is 0. The summed E-state index contributed by atoms with van der Waals surface area (Å²) in [5.41, 5.74) is 0.793. The lowest BCUT2D eigenvalue weighted by molar-refractivity contribution is 0.181. The molecule has 0 saturated carbocycles. The maximum Gasteiger partial charge on any atom is 0.283 e. The predicted molar refractivity (Wildman–Crippen MR) is 87.0 cm³/mol. The average molecular weight is 359 g/mol. The van der Waals surface area contributed by atoms with Crippen LogP contribution in [0.3, 0.4) is 0 Å². The summed E-state index contributed by atoms with van der Waals surface area (Å²) in [5, 5.41) is 7.73. The Hall–Kier alpha value is -0.920. The van der Waals surface area contributed by atoms with Gasteiger partial charge in [0.2, 0.25) is 0 Å². The second-order valence-electron chi connectivity index (χ2n) is 5.18. The van der Waals surface area contributed by atoms with Crippen LogP contribution in [0, 0.1) is 0 Å². The van der Waals surface area contributed by atoms with Gasteiger partial charge in [0.05, 0.1) is 25.0 Å². The lowest BCUT2D eigenvalue weighted by Gasteiger charge is -2.34. The van der Waals surface area contributed by atoms with E-state index >= 15 is 0 Å². The molecule has 0 radical (unpaired) electrons. The molecule has 1 aliphatic rings. The number of aromatic nitrogens is 2. The van der Waals surface area contributed by atoms with Gasteiger partial charge in [-0.25, -0.2) is 4.68 Å². The third-order valence-electron chi connectivity index (χ3n) is 3.80. The van der Waals surface area contributed by atoms with E-state index < -0.39 is 0 Å². The number of nitrogens with zero attached hydrogens (tertiary/aromatic N) is 3. The number of methoxy groups -OCH3 is 1. The molecule has 0 unspecified atom stereocenters. The maximum atomic E-state index is 12.3. The van der Waals surface area contributed by atoms with E-state index in [4.69, 9.17) is 4.74 Å². The quantitative estimate of drug-likeness (QED) is 0.828. The van der Waals surface area contributed by atoms with E-state index in [9.17, 15) is 4.79 Å². The van der Waals surface area contributed by atoms with Crippen LogP contribution >= 0.6 is 15.9 Å². The monoisotopic (exact) mass is 358 g/mol. The third kappa shape index (κ3) is 4.05. The molecule has 1 aliphatic heterocycles. The lowest BCUT2D eigenvalue weighted by Crippen LogP contribution is -2.43. The zero-order chi connectivity index (χ0) is 15.2. The number of halogens is 1. The maximum absolute atomic E-state index is 12.3. The Bertz CT molecular complexity index is 512. The Morgan fingerprint density at radius 3 is 2.81 bits per heavy atom. The van der Waals surface area contributed by atoms with Crippen molar-refractivity contribution in [2.45, 2.75) is 32.4 Å². The van der Waals surface area contributed by atoms with Crippen LogP contribution in [0.1, 0.15) is 19.8 Å². The Labute approximate surface area is 133 Å². The number of anilines is 1. The van der Waals surface area contributed by atoms with E-state index in [0.29, 0.717) is 23.7 Å². The number of hydrogen-bond acceptors (Lipinski definition) is 5. The molecule has 118 valence electrons. The summed E-state index contributed by atoms with van der Waals surface area (Å²) in [4.78, 5) is 14.5. The highest BCUT2D eigenvalue weighted by atomic mass is 79.9. The largest absolute Gasteiger partial charge is 0.383 e. The molecule has 0 spiro atoms. The number of nitrogens with one attached hydrogen (secondary N) is 1. The SMILES string of the molecule is CCNC1CCN(c2cnn(CCOC)c(=O)c2Br)CC1. The van der Waals surface area contributed by atoms with E-state index in [-0.39, 0.29) is 5.56 Å². The molecular weight excluding hydrogens is 336 g/mol. The molecule has 1 N–H and O–H groups in total. The van der Waals surface area contributed by atoms with E-state index in [1.165, 1.54) is 4.68 Å². The summed E-state index contributed by atoms with van der Waals surface area (Å²) < 4.78 is 7.02. The Morgan fingerprint density at radius 1 is 1.48 bits per heavy atom. The van der Waals surface area contributed by atoms with Crippen LogP contribution in [0.15, 0.2) is 15.5 Å². The number of ether oxygens (including phenoxy) is 1. The van der Waals surface area contributed by atoms with Crippen molar-refractivity contribution in [2.75, 3.05) is 38.3 Å². The van der Waals surface area contributed by atoms with Crippen molar-refractivity contribution in [1.82, 2.24) is 15.1 Å².